The van der Waals surface area contributed by atoms with E-state index in [1.165, 1.54) is 19.2 Å². The number of ketones is 1. The molecule has 0 amide bonds. The lowest BCUT2D eigenvalue weighted by atomic mass is 9.71. The molecule has 0 unspecified atom stereocenters. The second kappa shape index (κ2) is 10.0. The van der Waals surface area contributed by atoms with Gasteiger partial charge >= 0.3 is 5.97 Å². The van der Waals surface area contributed by atoms with E-state index in [-0.39, 0.29) is 30.6 Å². The first kappa shape index (κ1) is 23.4. The van der Waals surface area contributed by atoms with Gasteiger partial charge in [0.2, 0.25) is 0 Å². The van der Waals surface area contributed by atoms with Crippen LogP contribution in [0.2, 0.25) is 0 Å². The Kier molecular flexibility index (Phi) is 6.88. The Labute approximate surface area is 197 Å². The van der Waals surface area contributed by atoms with Gasteiger partial charge in [-0.2, -0.15) is 0 Å². The van der Waals surface area contributed by atoms with Crippen molar-refractivity contribution in [1.29, 1.82) is 0 Å². The summed E-state index contributed by atoms with van der Waals surface area (Å²) in [4.78, 5) is 37.3. The first-order valence-electron chi connectivity index (χ1n) is 11.1. The Morgan fingerprint density at radius 3 is 2.41 bits per heavy atom. The minimum Gasteiger partial charge on any atom is -0.460 e. The number of carbonyl (C=O) groups is 2. The average Bonchev–Trinajstić information content (AvgIpc) is 2.83. The number of nitrogens with zero attached hydrogens (tertiary/aromatic N) is 1. The number of ether oxygens (including phenoxy) is 2. The summed E-state index contributed by atoms with van der Waals surface area (Å²) < 4.78 is 10.4. The Morgan fingerprint density at radius 2 is 1.76 bits per heavy atom. The molecule has 0 saturated carbocycles. The number of nitro benzene ring substituents is 1. The summed E-state index contributed by atoms with van der Waals surface area (Å²) in [6.07, 6.45) is 0.941. The predicted octanol–water partition coefficient (Wildman–Crippen LogP) is 4.15. The van der Waals surface area contributed by atoms with Crippen molar-refractivity contribution in [2.75, 3.05) is 20.3 Å². The van der Waals surface area contributed by atoms with Crippen LogP contribution in [0.3, 0.4) is 0 Å². The van der Waals surface area contributed by atoms with E-state index >= 15 is 0 Å². The van der Waals surface area contributed by atoms with Gasteiger partial charge in [0.05, 0.1) is 17.1 Å². The number of rotatable bonds is 7. The fourth-order valence-electron chi connectivity index (χ4n) is 4.69. The fraction of sp³-hybridized carbons (Fsp3) is 0.308. The van der Waals surface area contributed by atoms with Crippen molar-refractivity contribution in [2.24, 2.45) is 0 Å². The van der Waals surface area contributed by atoms with Crippen LogP contribution in [0.5, 0.6) is 0 Å². The van der Waals surface area contributed by atoms with E-state index < -0.39 is 16.8 Å². The summed E-state index contributed by atoms with van der Waals surface area (Å²) in [5.41, 5.74) is 3.88. The van der Waals surface area contributed by atoms with Crippen LogP contribution < -0.4 is 5.32 Å². The number of benzene rings is 2. The third-order valence-electron chi connectivity index (χ3n) is 6.28. The van der Waals surface area contributed by atoms with E-state index in [1.54, 1.807) is 19.1 Å². The molecule has 2 aromatic rings. The van der Waals surface area contributed by atoms with Crippen LogP contribution >= 0.6 is 0 Å². The summed E-state index contributed by atoms with van der Waals surface area (Å²) in [5.74, 6) is -1.24. The van der Waals surface area contributed by atoms with Crippen molar-refractivity contribution in [1.82, 2.24) is 5.32 Å². The molecule has 8 heteroatoms. The molecule has 1 aliphatic heterocycles. The van der Waals surface area contributed by atoms with Crippen molar-refractivity contribution < 1.29 is 24.0 Å². The Bertz CT molecular complexity index is 1170. The zero-order valence-corrected chi connectivity index (χ0v) is 19.1. The third-order valence-corrected chi connectivity index (χ3v) is 6.28. The van der Waals surface area contributed by atoms with Crippen LogP contribution in [-0.4, -0.2) is 37.0 Å². The summed E-state index contributed by atoms with van der Waals surface area (Å²) in [5, 5.41) is 14.4. The highest BCUT2D eigenvalue weighted by Gasteiger charge is 2.41. The number of allylic oxidation sites excluding steroid dienone is 3. The molecule has 2 atom stereocenters. The third kappa shape index (κ3) is 4.63. The lowest BCUT2D eigenvalue weighted by Crippen LogP contribution is -2.36. The Hall–Kier alpha value is -3.78. The van der Waals surface area contributed by atoms with Crippen LogP contribution in [0.15, 0.2) is 77.1 Å². The van der Waals surface area contributed by atoms with Crippen LogP contribution in [0.25, 0.3) is 0 Å². The fourth-order valence-corrected chi connectivity index (χ4v) is 4.69. The maximum absolute atomic E-state index is 13.5. The van der Waals surface area contributed by atoms with Gasteiger partial charge in [-0.15, -0.1) is 0 Å². The quantitative estimate of drug-likeness (QED) is 0.285. The normalized spacial score (nSPS) is 20.0. The maximum Gasteiger partial charge on any atom is 0.336 e. The molecule has 8 nitrogen and oxygen atoms in total. The number of nitrogens with one attached hydrogen (secondary N) is 1. The molecule has 2 aliphatic rings. The largest absolute Gasteiger partial charge is 0.460 e. The Balaban J connectivity index is 1.76. The Morgan fingerprint density at radius 1 is 1.06 bits per heavy atom. The van der Waals surface area contributed by atoms with Crippen molar-refractivity contribution in [2.45, 2.75) is 31.6 Å². The molecule has 1 heterocycles. The first-order chi connectivity index (χ1) is 16.4. The van der Waals surface area contributed by atoms with Crippen LogP contribution in [0, 0.1) is 10.1 Å². The van der Waals surface area contributed by atoms with Gasteiger partial charge < -0.3 is 14.8 Å². The number of hydrogen-bond donors (Lipinski definition) is 1. The van der Waals surface area contributed by atoms with Gasteiger partial charge in [0.25, 0.3) is 5.69 Å². The lowest BCUT2D eigenvalue weighted by Gasteiger charge is -2.36. The molecule has 0 radical (unpaired) electrons. The number of carbonyl (C=O) groups excluding carboxylic acids is 2. The van der Waals surface area contributed by atoms with Crippen LogP contribution in [0.1, 0.15) is 42.7 Å². The van der Waals surface area contributed by atoms with Crippen molar-refractivity contribution >= 4 is 17.4 Å². The predicted molar refractivity (Wildman–Crippen MR) is 125 cm³/mol. The van der Waals surface area contributed by atoms with Crippen LogP contribution in [-0.2, 0) is 19.1 Å². The van der Waals surface area contributed by atoms with E-state index in [2.05, 4.69) is 5.32 Å². The SMILES string of the molecule is COCCOC(=O)C1=C(C)NC2=C(C(=O)C[C@@H](c3ccccc3)C2)[C@H]1c1ccc([N+](=O)[O-])cc1. The highest BCUT2D eigenvalue weighted by Crippen LogP contribution is 2.45. The average molecular weight is 463 g/mol. The van der Waals surface area contributed by atoms with Crippen molar-refractivity contribution in [3.63, 3.8) is 0 Å². The first-order valence-corrected chi connectivity index (χ1v) is 11.1. The molecular formula is C26H26N2O6. The van der Waals surface area contributed by atoms with E-state index in [9.17, 15) is 19.7 Å². The molecular weight excluding hydrogens is 436 g/mol. The van der Waals surface area contributed by atoms with Gasteiger partial charge in [-0.05, 0) is 30.4 Å². The second-order valence-corrected chi connectivity index (χ2v) is 8.41. The molecule has 176 valence electrons. The molecule has 0 spiro atoms. The standard InChI is InChI=1S/C26H26N2O6/c1-16-23(26(30)34-13-12-33-2)24(18-8-10-20(11-9-18)28(31)32)25-21(27-16)14-19(15-22(25)29)17-6-4-3-5-7-17/h3-11,19,24,27H,12-15H2,1-2H3/t19-,24-/m0/s1. The van der Waals surface area contributed by atoms with Crippen molar-refractivity contribution in [3.05, 3.63) is 98.4 Å². The highest BCUT2D eigenvalue weighted by molar-refractivity contribution is 6.04. The summed E-state index contributed by atoms with van der Waals surface area (Å²) in [6, 6.07) is 15.9. The van der Waals surface area contributed by atoms with Gasteiger partial charge in [0, 0.05) is 48.5 Å². The van der Waals surface area contributed by atoms with E-state index in [4.69, 9.17) is 9.47 Å². The minimum absolute atomic E-state index is 0.0282. The number of esters is 1. The lowest BCUT2D eigenvalue weighted by molar-refractivity contribution is -0.384. The highest BCUT2D eigenvalue weighted by atomic mass is 16.6. The van der Waals surface area contributed by atoms with Gasteiger partial charge in [0.1, 0.15) is 6.61 Å². The topological polar surface area (TPSA) is 108 Å². The molecule has 0 bridgehead atoms. The number of dihydropyridines is 1. The number of hydrogen-bond acceptors (Lipinski definition) is 7. The molecule has 0 aromatic heterocycles. The zero-order chi connectivity index (χ0) is 24.2. The summed E-state index contributed by atoms with van der Waals surface area (Å²) in [7, 11) is 1.52. The molecule has 0 fully saturated rings. The smallest absolute Gasteiger partial charge is 0.336 e. The monoisotopic (exact) mass is 462 g/mol. The molecule has 34 heavy (non-hydrogen) atoms. The molecule has 0 saturated heterocycles. The maximum atomic E-state index is 13.5. The number of non-ortho nitro benzene ring substituents is 1. The number of Topliss-reactive ketones (excluding diaryl/α,β-unsaturated/α-hetero) is 1. The molecule has 1 N–H and O–H groups in total. The van der Waals surface area contributed by atoms with E-state index in [0.29, 0.717) is 35.2 Å². The molecule has 1 aliphatic carbocycles. The minimum atomic E-state index is -0.670. The van der Waals surface area contributed by atoms with E-state index in [0.717, 1.165) is 11.3 Å². The second-order valence-electron chi connectivity index (χ2n) is 8.41. The van der Waals surface area contributed by atoms with Gasteiger partial charge in [0.15, 0.2) is 5.78 Å². The van der Waals surface area contributed by atoms with Crippen molar-refractivity contribution in [3.8, 4) is 0 Å². The van der Waals surface area contributed by atoms with Gasteiger partial charge in [-0.1, -0.05) is 42.5 Å². The summed E-state index contributed by atoms with van der Waals surface area (Å²) in [6.45, 7) is 2.11. The molecule has 4 rings (SSSR count). The van der Waals surface area contributed by atoms with E-state index in [1.807, 2.05) is 30.3 Å². The number of methoxy groups -OCH3 is 1. The molecule has 2 aromatic carbocycles. The summed E-state index contributed by atoms with van der Waals surface area (Å²) >= 11 is 0. The van der Waals surface area contributed by atoms with Gasteiger partial charge in [-0.25, -0.2) is 4.79 Å². The zero-order valence-electron chi connectivity index (χ0n) is 19.1. The van der Waals surface area contributed by atoms with Crippen LogP contribution in [0.4, 0.5) is 5.69 Å². The number of nitro groups is 1. The van der Waals surface area contributed by atoms with Gasteiger partial charge in [-0.3, -0.25) is 14.9 Å².